The summed E-state index contributed by atoms with van der Waals surface area (Å²) >= 11 is 0. The molecule has 0 radical (unpaired) electrons. The molecule has 1 aromatic rings. The minimum atomic E-state index is -0.600. The Bertz CT molecular complexity index is 521. The van der Waals surface area contributed by atoms with Gasteiger partial charge in [-0.1, -0.05) is 25.8 Å². The molecule has 3 atom stereocenters. The molecule has 0 aromatic heterocycles. The van der Waals surface area contributed by atoms with E-state index in [4.69, 9.17) is 0 Å². The molecule has 122 valence electrons. The lowest BCUT2D eigenvalue weighted by Crippen LogP contribution is -2.45. The highest BCUT2D eigenvalue weighted by atomic mass is 19.1. The summed E-state index contributed by atoms with van der Waals surface area (Å²) in [5, 5.41) is 6.03. The van der Waals surface area contributed by atoms with Crippen LogP contribution in [-0.2, 0) is 4.79 Å². The summed E-state index contributed by atoms with van der Waals surface area (Å²) in [4.78, 5) is 12.0. The molecule has 0 unspecified atom stereocenters. The van der Waals surface area contributed by atoms with Crippen LogP contribution in [0.4, 0.5) is 8.78 Å². The van der Waals surface area contributed by atoms with Crippen LogP contribution in [0.25, 0.3) is 0 Å². The molecule has 1 aromatic carbocycles. The van der Waals surface area contributed by atoms with Crippen LogP contribution in [-0.4, -0.2) is 18.5 Å². The molecule has 0 saturated heterocycles. The maximum absolute atomic E-state index is 13.7. The average molecular weight is 310 g/mol. The van der Waals surface area contributed by atoms with E-state index in [0.717, 1.165) is 25.3 Å². The summed E-state index contributed by atoms with van der Waals surface area (Å²) in [6, 6.07) is 3.37. The van der Waals surface area contributed by atoms with Gasteiger partial charge in [0.25, 0.3) is 0 Å². The van der Waals surface area contributed by atoms with Crippen molar-refractivity contribution in [2.24, 2.45) is 5.92 Å². The van der Waals surface area contributed by atoms with Crippen molar-refractivity contribution in [2.45, 2.75) is 51.6 Å². The molecule has 3 nitrogen and oxygen atoms in total. The Balaban J connectivity index is 1.82. The Kier molecular flexibility index (Phi) is 5.89. The van der Waals surface area contributed by atoms with E-state index in [1.54, 1.807) is 6.92 Å². The highest BCUT2D eigenvalue weighted by molar-refractivity contribution is 5.78. The molecule has 5 heteroatoms. The summed E-state index contributed by atoms with van der Waals surface area (Å²) in [5.41, 5.74) is 0.361. The zero-order chi connectivity index (χ0) is 16.1. The Morgan fingerprint density at radius 3 is 2.73 bits per heavy atom. The largest absolute Gasteiger partial charge is 0.352 e. The Morgan fingerprint density at radius 1 is 1.32 bits per heavy atom. The quantitative estimate of drug-likeness (QED) is 0.876. The predicted molar refractivity (Wildman–Crippen MR) is 82.3 cm³/mol. The van der Waals surface area contributed by atoms with Gasteiger partial charge in [0.2, 0.25) is 5.91 Å². The Labute approximate surface area is 130 Å². The minimum absolute atomic E-state index is 0.0758. The normalized spacial score (nSPS) is 23.1. The highest BCUT2D eigenvalue weighted by Crippen LogP contribution is 2.23. The van der Waals surface area contributed by atoms with Gasteiger partial charge >= 0.3 is 0 Å². The molecule has 2 rings (SSSR count). The smallest absolute Gasteiger partial charge is 0.234 e. The van der Waals surface area contributed by atoms with Crippen LogP contribution in [0.3, 0.4) is 0 Å². The van der Waals surface area contributed by atoms with Gasteiger partial charge in [0.1, 0.15) is 11.6 Å². The van der Waals surface area contributed by atoms with Crippen molar-refractivity contribution in [1.82, 2.24) is 10.6 Å². The summed E-state index contributed by atoms with van der Waals surface area (Å²) in [7, 11) is 0. The van der Waals surface area contributed by atoms with Crippen LogP contribution < -0.4 is 10.6 Å². The van der Waals surface area contributed by atoms with Crippen molar-refractivity contribution >= 4 is 5.91 Å². The van der Waals surface area contributed by atoms with Crippen molar-refractivity contribution in [3.8, 4) is 0 Å². The molecule has 1 amide bonds. The van der Waals surface area contributed by atoms with Gasteiger partial charge in [-0.3, -0.25) is 4.79 Å². The highest BCUT2D eigenvalue weighted by Gasteiger charge is 2.22. The fourth-order valence-electron chi connectivity index (χ4n) is 3.00. The lowest BCUT2D eigenvalue weighted by atomic mass is 9.86. The fraction of sp³-hybridized carbons (Fsp3) is 0.588. The van der Waals surface area contributed by atoms with Crippen LogP contribution in [0, 0.1) is 17.6 Å². The molecule has 0 heterocycles. The van der Waals surface area contributed by atoms with Gasteiger partial charge in [0.05, 0.1) is 6.54 Å². The van der Waals surface area contributed by atoms with Crippen molar-refractivity contribution < 1.29 is 13.6 Å². The third-order valence-electron chi connectivity index (χ3n) is 4.46. The summed E-state index contributed by atoms with van der Waals surface area (Å²) in [6.07, 6.45) is 4.55. The molecular formula is C17H24F2N2O. The molecule has 2 N–H and O–H groups in total. The molecule has 1 saturated carbocycles. The second kappa shape index (κ2) is 7.68. The summed E-state index contributed by atoms with van der Waals surface area (Å²) in [5.74, 6) is -0.767. The lowest BCUT2D eigenvalue weighted by Gasteiger charge is -2.29. The first-order valence-corrected chi connectivity index (χ1v) is 7.95. The fourth-order valence-corrected chi connectivity index (χ4v) is 3.00. The van der Waals surface area contributed by atoms with E-state index < -0.39 is 11.6 Å². The van der Waals surface area contributed by atoms with Gasteiger partial charge in [0.15, 0.2) is 0 Å². The van der Waals surface area contributed by atoms with Gasteiger partial charge in [-0.2, -0.15) is 0 Å². The zero-order valence-corrected chi connectivity index (χ0v) is 13.2. The topological polar surface area (TPSA) is 41.1 Å². The summed E-state index contributed by atoms with van der Waals surface area (Å²) in [6.45, 7) is 4.04. The van der Waals surface area contributed by atoms with E-state index in [9.17, 15) is 13.6 Å². The van der Waals surface area contributed by atoms with E-state index in [2.05, 4.69) is 17.6 Å². The van der Waals surface area contributed by atoms with Gasteiger partial charge in [-0.05, 0) is 31.7 Å². The predicted octanol–water partition coefficient (Wildman–Crippen LogP) is 3.31. The van der Waals surface area contributed by atoms with E-state index in [1.165, 1.54) is 18.6 Å². The van der Waals surface area contributed by atoms with Gasteiger partial charge in [-0.15, -0.1) is 0 Å². The third-order valence-corrected chi connectivity index (χ3v) is 4.46. The monoisotopic (exact) mass is 310 g/mol. The molecule has 1 aliphatic carbocycles. The third kappa shape index (κ3) is 4.50. The van der Waals surface area contributed by atoms with E-state index in [-0.39, 0.29) is 24.5 Å². The van der Waals surface area contributed by atoms with Crippen molar-refractivity contribution in [2.75, 3.05) is 6.54 Å². The second-order valence-corrected chi connectivity index (χ2v) is 6.20. The standard InChI is InChI=1S/C17H24F2N2O/c1-11-5-3-4-6-16(11)21-17(22)10-20-12(2)14-8-7-13(18)9-15(14)19/h7-9,11-12,16,20H,3-6,10H2,1-2H3,(H,21,22)/t11-,12-,16-/m0/s1. The Morgan fingerprint density at radius 2 is 2.05 bits per heavy atom. The van der Waals surface area contributed by atoms with E-state index in [1.807, 2.05) is 0 Å². The van der Waals surface area contributed by atoms with E-state index in [0.29, 0.717) is 11.5 Å². The van der Waals surface area contributed by atoms with E-state index >= 15 is 0 Å². The average Bonchev–Trinajstić information content (AvgIpc) is 2.47. The van der Waals surface area contributed by atoms with Crippen LogP contribution in [0.1, 0.15) is 51.1 Å². The number of amides is 1. The second-order valence-electron chi connectivity index (χ2n) is 6.20. The van der Waals surface area contributed by atoms with Gasteiger partial charge in [-0.25, -0.2) is 8.78 Å². The van der Waals surface area contributed by atoms with Crippen molar-refractivity contribution in [3.63, 3.8) is 0 Å². The number of hydrogen-bond acceptors (Lipinski definition) is 2. The first-order valence-electron chi connectivity index (χ1n) is 7.95. The maximum Gasteiger partial charge on any atom is 0.234 e. The van der Waals surface area contributed by atoms with Crippen LogP contribution in [0.2, 0.25) is 0 Å². The molecule has 1 fully saturated rings. The van der Waals surface area contributed by atoms with Crippen LogP contribution in [0.15, 0.2) is 18.2 Å². The molecule has 0 aliphatic heterocycles. The molecule has 1 aliphatic rings. The number of hydrogen-bond donors (Lipinski definition) is 2. The molecule has 0 bridgehead atoms. The number of benzene rings is 1. The first kappa shape index (κ1) is 16.9. The van der Waals surface area contributed by atoms with Gasteiger partial charge < -0.3 is 10.6 Å². The lowest BCUT2D eigenvalue weighted by molar-refractivity contribution is -0.121. The van der Waals surface area contributed by atoms with Gasteiger partial charge in [0, 0.05) is 23.7 Å². The summed E-state index contributed by atoms with van der Waals surface area (Å²) < 4.78 is 26.6. The minimum Gasteiger partial charge on any atom is -0.352 e. The van der Waals surface area contributed by atoms with Crippen molar-refractivity contribution in [3.05, 3.63) is 35.4 Å². The molecule has 0 spiro atoms. The first-order chi connectivity index (χ1) is 10.5. The molecular weight excluding hydrogens is 286 g/mol. The number of carbonyl (C=O) groups excluding carboxylic acids is 1. The maximum atomic E-state index is 13.7. The number of halogens is 2. The number of nitrogens with one attached hydrogen (secondary N) is 2. The van der Waals surface area contributed by atoms with Crippen LogP contribution in [0.5, 0.6) is 0 Å². The molecule has 22 heavy (non-hydrogen) atoms. The number of rotatable bonds is 5. The van der Waals surface area contributed by atoms with Crippen molar-refractivity contribution in [1.29, 1.82) is 0 Å². The Hall–Kier alpha value is -1.49. The SMILES string of the molecule is C[C@H](NCC(=O)N[C@H]1CCCC[C@@H]1C)c1ccc(F)cc1F. The number of carbonyl (C=O) groups is 1. The van der Waals surface area contributed by atoms with Crippen LogP contribution >= 0.6 is 0 Å². The zero-order valence-electron chi connectivity index (χ0n) is 13.2.